The van der Waals surface area contributed by atoms with Gasteiger partial charge in [0.2, 0.25) is 0 Å². The lowest BCUT2D eigenvalue weighted by atomic mass is 9.87. The summed E-state index contributed by atoms with van der Waals surface area (Å²) in [7, 11) is 0. The van der Waals surface area contributed by atoms with Crippen LogP contribution in [0.25, 0.3) is 5.69 Å². The van der Waals surface area contributed by atoms with Gasteiger partial charge < -0.3 is 11.5 Å². The first kappa shape index (κ1) is 16.0. The second kappa shape index (κ2) is 5.93. The highest BCUT2D eigenvalue weighted by molar-refractivity contribution is 5.43. The van der Waals surface area contributed by atoms with Crippen LogP contribution in [-0.4, -0.2) is 40.1 Å². The second-order valence-corrected chi connectivity index (χ2v) is 8.04. The van der Waals surface area contributed by atoms with Crippen molar-refractivity contribution in [3.63, 3.8) is 0 Å². The number of aryl methyl sites for hydroxylation is 1. The van der Waals surface area contributed by atoms with Crippen molar-refractivity contribution in [2.45, 2.75) is 25.3 Å². The quantitative estimate of drug-likeness (QED) is 0.854. The highest BCUT2D eigenvalue weighted by atomic mass is 16.1. The number of hydrogen-bond acceptors (Lipinski definition) is 5. The van der Waals surface area contributed by atoms with E-state index in [1.165, 1.54) is 30.6 Å². The van der Waals surface area contributed by atoms with Gasteiger partial charge in [-0.3, -0.25) is 9.47 Å². The van der Waals surface area contributed by atoms with Crippen LogP contribution in [0.2, 0.25) is 0 Å². The summed E-state index contributed by atoms with van der Waals surface area (Å²) in [5, 5.41) is 0. The molecule has 3 aliphatic rings. The van der Waals surface area contributed by atoms with Crippen LogP contribution >= 0.6 is 0 Å². The van der Waals surface area contributed by atoms with Crippen LogP contribution in [0.15, 0.2) is 35.3 Å². The third-order valence-electron chi connectivity index (χ3n) is 6.68. The smallest absolute Gasteiger partial charge is 0.354 e. The van der Waals surface area contributed by atoms with Gasteiger partial charge in [-0.15, -0.1) is 0 Å². The van der Waals surface area contributed by atoms with Crippen molar-refractivity contribution < 1.29 is 0 Å². The molecular weight excluding hydrogens is 326 g/mol. The maximum Gasteiger partial charge on any atom is 0.354 e. The minimum atomic E-state index is -0.329. The van der Waals surface area contributed by atoms with Crippen molar-refractivity contribution >= 4 is 5.82 Å². The Morgan fingerprint density at radius 2 is 1.96 bits per heavy atom. The predicted octanol–water partition coefficient (Wildman–Crippen LogP) is 0.808. The third kappa shape index (κ3) is 2.56. The maximum atomic E-state index is 12.1. The molecule has 26 heavy (non-hydrogen) atoms. The lowest BCUT2D eigenvalue weighted by molar-refractivity contribution is 0.191. The summed E-state index contributed by atoms with van der Waals surface area (Å²) < 4.78 is 1.56. The summed E-state index contributed by atoms with van der Waals surface area (Å²) in [6.45, 7) is 3.33. The Morgan fingerprint density at radius 3 is 2.69 bits per heavy atom. The number of anilines is 1. The number of nitrogen functional groups attached to an aromatic ring is 1. The van der Waals surface area contributed by atoms with Crippen LogP contribution in [-0.2, 0) is 12.8 Å². The summed E-state index contributed by atoms with van der Waals surface area (Å²) in [4.78, 5) is 18.6. The molecule has 0 spiro atoms. The Bertz CT molecular complexity index is 895. The van der Waals surface area contributed by atoms with Crippen molar-refractivity contribution in [3.8, 4) is 5.69 Å². The van der Waals surface area contributed by atoms with E-state index >= 15 is 0 Å². The zero-order valence-corrected chi connectivity index (χ0v) is 14.8. The van der Waals surface area contributed by atoms with Gasteiger partial charge in [0.15, 0.2) is 0 Å². The van der Waals surface area contributed by atoms with E-state index in [1.54, 1.807) is 16.8 Å². The van der Waals surface area contributed by atoms with Crippen molar-refractivity contribution in [1.82, 2.24) is 14.5 Å². The molecule has 1 aromatic heterocycles. The Morgan fingerprint density at radius 1 is 1.15 bits per heavy atom. The zero-order valence-electron chi connectivity index (χ0n) is 14.8. The van der Waals surface area contributed by atoms with Gasteiger partial charge in [0.1, 0.15) is 5.82 Å². The van der Waals surface area contributed by atoms with Crippen LogP contribution in [0.3, 0.4) is 0 Å². The molecule has 0 amide bonds. The van der Waals surface area contributed by atoms with Gasteiger partial charge >= 0.3 is 5.69 Å². The monoisotopic (exact) mass is 351 g/mol. The van der Waals surface area contributed by atoms with Gasteiger partial charge in [-0.25, -0.2) is 4.79 Å². The molecule has 0 radical (unpaired) electrons. The zero-order chi connectivity index (χ0) is 17.8. The highest BCUT2D eigenvalue weighted by Crippen LogP contribution is 2.52. The lowest BCUT2D eigenvalue weighted by Crippen LogP contribution is -2.40. The molecule has 1 saturated heterocycles. The first-order chi connectivity index (χ1) is 12.6. The Kier molecular flexibility index (Phi) is 3.65. The van der Waals surface area contributed by atoms with Crippen molar-refractivity contribution in [2.24, 2.45) is 23.5 Å². The number of likely N-dealkylation sites (tertiary alicyclic amines) is 1. The third-order valence-corrected chi connectivity index (χ3v) is 6.68. The molecule has 6 nitrogen and oxygen atoms in total. The molecule has 2 heterocycles. The fourth-order valence-electron chi connectivity index (χ4n) is 5.13. The summed E-state index contributed by atoms with van der Waals surface area (Å²) in [5.74, 6) is 2.76. The summed E-state index contributed by atoms with van der Waals surface area (Å²) >= 11 is 0. The van der Waals surface area contributed by atoms with Gasteiger partial charge in [0.05, 0.1) is 5.69 Å². The number of piperidine rings is 1. The van der Waals surface area contributed by atoms with Crippen molar-refractivity contribution in [3.05, 3.63) is 52.1 Å². The number of nitrogens with zero attached hydrogens (tertiary/aromatic N) is 3. The van der Waals surface area contributed by atoms with E-state index in [-0.39, 0.29) is 11.5 Å². The molecule has 136 valence electrons. The topological polar surface area (TPSA) is 90.2 Å². The number of nitrogens with two attached hydrogens (primary N) is 2. The van der Waals surface area contributed by atoms with Gasteiger partial charge in [-0.1, -0.05) is 6.07 Å². The lowest BCUT2D eigenvalue weighted by Gasteiger charge is -2.34. The first-order valence-corrected chi connectivity index (χ1v) is 9.55. The maximum absolute atomic E-state index is 12.1. The van der Waals surface area contributed by atoms with Crippen LogP contribution in [0.5, 0.6) is 0 Å². The molecule has 1 aliphatic heterocycles. The molecule has 4 N–H and O–H groups in total. The van der Waals surface area contributed by atoms with E-state index in [2.05, 4.69) is 22.0 Å². The van der Waals surface area contributed by atoms with Crippen LogP contribution in [0, 0.1) is 17.8 Å². The van der Waals surface area contributed by atoms with Crippen molar-refractivity contribution in [1.29, 1.82) is 0 Å². The number of hydrogen-bond donors (Lipinski definition) is 2. The second-order valence-electron chi connectivity index (χ2n) is 8.04. The molecule has 5 rings (SSSR count). The highest BCUT2D eigenvalue weighted by Gasteiger charge is 2.55. The minimum absolute atomic E-state index is 0.257. The summed E-state index contributed by atoms with van der Waals surface area (Å²) in [6.07, 6.45) is 5.06. The van der Waals surface area contributed by atoms with Gasteiger partial charge in [0, 0.05) is 25.3 Å². The molecule has 2 aliphatic carbocycles. The predicted molar refractivity (Wildman–Crippen MR) is 101 cm³/mol. The molecular formula is C20H25N5O. The molecule has 6 heteroatoms. The number of fused-ring (bicyclic) bond motifs is 2. The molecule has 1 saturated carbocycles. The molecule has 4 atom stereocenters. The van der Waals surface area contributed by atoms with Crippen LogP contribution in [0.1, 0.15) is 17.5 Å². The first-order valence-electron chi connectivity index (χ1n) is 9.55. The number of rotatable bonds is 3. The van der Waals surface area contributed by atoms with Gasteiger partial charge in [-0.05, 0) is 72.9 Å². The average Bonchev–Trinajstić information content (AvgIpc) is 3.11. The molecule has 1 aromatic carbocycles. The van der Waals surface area contributed by atoms with E-state index in [0.29, 0.717) is 6.04 Å². The van der Waals surface area contributed by atoms with E-state index in [0.717, 1.165) is 42.8 Å². The largest absolute Gasteiger partial charge is 0.383 e. The molecule has 2 aromatic rings. The van der Waals surface area contributed by atoms with E-state index in [1.807, 2.05) is 6.07 Å². The fourth-order valence-corrected chi connectivity index (χ4v) is 5.13. The SMILES string of the molecule is NCC1[C@H]2CN(C3CCc4cc(-n5ccc(N)nc5=O)ccc4C3)C[C@@H]12. The molecule has 2 unspecified atom stereocenters. The Hall–Kier alpha value is -2.18. The van der Waals surface area contributed by atoms with Crippen LogP contribution in [0.4, 0.5) is 5.82 Å². The minimum Gasteiger partial charge on any atom is -0.383 e. The molecule has 0 bridgehead atoms. The Labute approximate surface area is 152 Å². The molecule has 2 fully saturated rings. The fraction of sp³-hybridized carbons (Fsp3) is 0.500. The Balaban J connectivity index is 1.33. The number of benzene rings is 1. The average molecular weight is 351 g/mol. The standard InChI is InChI=1S/C20H25N5O/c21-9-16-17-10-24(11-18(16)17)14-3-1-13-8-15(4-2-12(13)7-14)25-6-5-19(22)23-20(25)26/h2,4-6,8,14,16-18H,1,3,7,9-11,21H2,(H2,22,23,26)/t14?,16?,17-,18+. The van der Waals surface area contributed by atoms with Gasteiger partial charge in [-0.2, -0.15) is 4.98 Å². The summed E-state index contributed by atoms with van der Waals surface area (Å²) in [6, 6.07) is 8.65. The summed E-state index contributed by atoms with van der Waals surface area (Å²) in [5.41, 5.74) is 14.7. The van der Waals surface area contributed by atoms with Crippen molar-refractivity contribution in [2.75, 3.05) is 25.4 Å². The van der Waals surface area contributed by atoms with E-state index in [9.17, 15) is 4.79 Å². The van der Waals surface area contributed by atoms with Crippen LogP contribution < -0.4 is 17.2 Å². The van der Waals surface area contributed by atoms with E-state index < -0.39 is 0 Å². The van der Waals surface area contributed by atoms with E-state index in [4.69, 9.17) is 11.5 Å². The number of aromatic nitrogens is 2. The normalized spacial score (nSPS) is 30.0. The van der Waals surface area contributed by atoms with Gasteiger partial charge in [0.25, 0.3) is 0 Å².